The van der Waals surface area contributed by atoms with Gasteiger partial charge in [0, 0.05) is 19.6 Å². The zero-order valence-electron chi connectivity index (χ0n) is 10.3. The molecule has 0 spiro atoms. The summed E-state index contributed by atoms with van der Waals surface area (Å²) in [6.07, 6.45) is 1.02. The van der Waals surface area contributed by atoms with Gasteiger partial charge in [-0.25, -0.2) is 0 Å². The third kappa shape index (κ3) is 3.83. The Hall–Kier alpha value is -0.850. The molecular weight excluding hydrogens is 300 g/mol. The molecule has 1 fully saturated rings. The topological polar surface area (TPSA) is 54.7 Å². The number of morpholine rings is 1. The summed E-state index contributed by atoms with van der Waals surface area (Å²) in [5.41, 5.74) is 0. The number of carbonyl (C=O) groups excluding carboxylic acids is 1. The largest absolute Gasteiger partial charge is 0.444 e. The Morgan fingerprint density at radius 2 is 2.44 bits per heavy atom. The Kier molecular flexibility index (Phi) is 4.79. The van der Waals surface area contributed by atoms with Gasteiger partial charge in [0.25, 0.3) is 5.91 Å². The van der Waals surface area contributed by atoms with Crippen LogP contribution < -0.4 is 5.32 Å². The van der Waals surface area contributed by atoms with Crippen LogP contribution in [0.3, 0.4) is 0 Å². The standard InChI is InChI=1S/C12H17BrN2O3/c1-15-6-7-17-9(8-15)4-5-14-12(16)10-2-3-11(13)18-10/h2-3,9H,4-8H2,1H3,(H,14,16). The second kappa shape index (κ2) is 6.36. The highest BCUT2D eigenvalue weighted by Crippen LogP contribution is 2.13. The maximum atomic E-state index is 11.7. The molecule has 6 heteroatoms. The molecule has 2 rings (SSSR count). The van der Waals surface area contributed by atoms with Gasteiger partial charge in [0.1, 0.15) is 0 Å². The van der Waals surface area contributed by atoms with E-state index in [2.05, 4.69) is 33.2 Å². The fourth-order valence-corrected chi connectivity index (χ4v) is 2.22. The molecule has 1 aliphatic heterocycles. The molecule has 0 aliphatic carbocycles. The first kappa shape index (κ1) is 13.6. The summed E-state index contributed by atoms with van der Waals surface area (Å²) in [5.74, 6) is 0.133. The van der Waals surface area contributed by atoms with Crippen molar-refractivity contribution in [1.82, 2.24) is 10.2 Å². The summed E-state index contributed by atoms with van der Waals surface area (Å²) in [5, 5.41) is 2.82. The predicted molar refractivity (Wildman–Crippen MR) is 70.6 cm³/mol. The van der Waals surface area contributed by atoms with Gasteiger partial charge in [0.15, 0.2) is 10.4 Å². The summed E-state index contributed by atoms with van der Waals surface area (Å²) < 4.78 is 11.3. The molecule has 1 aromatic rings. The summed E-state index contributed by atoms with van der Waals surface area (Å²) in [6, 6.07) is 3.35. The summed E-state index contributed by atoms with van der Waals surface area (Å²) in [6.45, 7) is 3.25. The Balaban J connectivity index is 1.70. The van der Waals surface area contributed by atoms with Crippen LogP contribution in [-0.2, 0) is 4.74 Å². The molecule has 18 heavy (non-hydrogen) atoms. The van der Waals surface area contributed by atoms with E-state index >= 15 is 0 Å². The van der Waals surface area contributed by atoms with E-state index in [1.165, 1.54) is 0 Å². The van der Waals surface area contributed by atoms with E-state index in [0.29, 0.717) is 17.0 Å². The molecule has 0 bridgehead atoms. The fourth-order valence-electron chi connectivity index (χ4n) is 1.91. The highest BCUT2D eigenvalue weighted by molar-refractivity contribution is 9.10. The fraction of sp³-hybridized carbons (Fsp3) is 0.583. The second-order valence-corrected chi connectivity index (χ2v) is 5.18. The third-order valence-electron chi connectivity index (χ3n) is 2.89. The molecular formula is C12H17BrN2O3. The Morgan fingerprint density at radius 3 is 3.11 bits per heavy atom. The summed E-state index contributed by atoms with van der Waals surface area (Å²) in [4.78, 5) is 13.9. The first-order chi connectivity index (χ1) is 8.65. The van der Waals surface area contributed by atoms with Crippen molar-refractivity contribution in [3.63, 3.8) is 0 Å². The number of likely N-dealkylation sites (N-methyl/N-ethyl adjacent to an activating group) is 1. The van der Waals surface area contributed by atoms with Crippen molar-refractivity contribution >= 4 is 21.8 Å². The molecule has 5 nitrogen and oxygen atoms in total. The van der Waals surface area contributed by atoms with E-state index in [9.17, 15) is 4.79 Å². The van der Waals surface area contributed by atoms with Crippen LogP contribution in [0.5, 0.6) is 0 Å². The normalized spacial score (nSPS) is 20.9. The van der Waals surface area contributed by atoms with E-state index in [-0.39, 0.29) is 12.0 Å². The Labute approximate surface area is 115 Å². The number of halogens is 1. The molecule has 0 aromatic carbocycles. The van der Waals surface area contributed by atoms with Crippen LogP contribution in [0.25, 0.3) is 0 Å². The van der Waals surface area contributed by atoms with Crippen LogP contribution in [0.2, 0.25) is 0 Å². The molecule has 1 atom stereocenters. The van der Waals surface area contributed by atoms with Gasteiger partial charge in [-0.1, -0.05) is 0 Å². The molecule has 100 valence electrons. The van der Waals surface area contributed by atoms with Gasteiger partial charge in [-0.15, -0.1) is 0 Å². The lowest BCUT2D eigenvalue weighted by molar-refractivity contribution is -0.0226. The Bertz CT molecular complexity index is 408. The van der Waals surface area contributed by atoms with Crippen molar-refractivity contribution in [2.45, 2.75) is 12.5 Å². The Morgan fingerprint density at radius 1 is 1.61 bits per heavy atom. The average Bonchev–Trinajstić information content (AvgIpc) is 2.76. The summed E-state index contributed by atoms with van der Waals surface area (Å²) in [7, 11) is 2.08. The number of amides is 1. The van der Waals surface area contributed by atoms with E-state index in [1.54, 1.807) is 12.1 Å². The minimum Gasteiger partial charge on any atom is -0.444 e. The maximum Gasteiger partial charge on any atom is 0.287 e. The maximum absolute atomic E-state index is 11.7. The number of ether oxygens (including phenoxy) is 1. The van der Waals surface area contributed by atoms with Crippen molar-refractivity contribution < 1.29 is 13.9 Å². The van der Waals surface area contributed by atoms with Crippen molar-refractivity contribution in [1.29, 1.82) is 0 Å². The van der Waals surface area contributed by atoms with Crippen LogP contribution in [0.4, 0.5) is 0 Å². The van der Waals surface area contributed by atoms with E-state index < -0.39 is 0 Å². The number of hydrogen-bond donors (Lipinski definition) is 1. The lowest BCUT2D eigenvalue weighted by atomic mass is 10.2. The number of hydrogen-bond acceptors (Lipinski definition) is 4. The number of nitrogens with one attached hydrogen (secondary N) is 1. The molecule has 1 amide bonds. The predicted octanol–water partition coefficient (Wildman–Crippen LogP) is 1.49. The summed E-state index contributed by atoms with van der Waals surface area (Å²) >= 11 is 3.17. The van der Waals surface area contributed by atoms with Gasteiger partial charge in [0.2, 0.25) is 0 Å². The highest BCUT2D eigenvalue weighted by atomic mass is 79.9. The second-order valence-electron chi connectivity index (χ2n) is 4.40. The van der Waals surface area contributed by atoms with E-state index in [0.717, 1.165) is 26.1 Å². The molecule has 1 aliphatic rings. The first-order valence-corrected chi connectivity index (χ1v) is 6.78. The van der Waals surface area contributed by atoms with Crippen molar-refractivity contribution in [2.75, 3.05) is 33.3 Å². The molecule has 0 radical (unpaired) electrons. The van der Waals surface area contributed by atoms with Crippen LogP contribution in [-0.4, -0.2) is 50.2 Å². The number of carbonyl (C=O) groups is 1. The third-order valence-corrected chi connectivity index (χ3v) is 3.32. The molecule has 1 aromatic heterocycles. The molecule has 1 saturated heterocycles. The number of nitrogens with zero attached hydrogens (tertiary/aromatic N) is 1. The monoisotopic (exact) mass is 316 g/mol. The number of rotatable bonds is 4. The quantitative estimate of drug-likeness (QED) is 0.914. The lowest BCUT2D eigenvalue weighted by Crippen LogP contribution is -2.41. The average molecular weight is 317 g/mol. The van der Waals surface area contributed by atoms with Crippen molar-refractivity contribution in [3.8, 4) is 0 Å². The highest BCUT2D eigenvalue weighted by Gasteiger charge is 2.18. The smallest absolute Gasteiger partial charge is 0.287 e. The minimum atomic E-state index is -0.190. The SMILES string of the molecule is CN1CCOC(CCNC(=O)c2ccc(Br)o2)C1. The van der Waals surface area contributed by atoms with Crippen LogP contribution in [0.1, 0.15) is 17.0 Å². The van der Waals surface area contributed by atoms with Gasteiger partial charge < -0.3 is 19.4 Å². The van der Waals surface area contributed by atoms with E-state index in [4.69, 9.17) is 9.15 Å². The van der Waals surface area contributed by atoms with Crippen molar-refractivity contribution in [3.05, 3.63) is 22.6 Å². The van der Waals surface area contributed by atoms with Crippen LogP contribution in [0.15, 0.2) is 21.2 Å². The van der Waals surface area contributed by atoms with Gasteiger partial charge in [-0.05, 0) is 41.5 Å². The van der Waals surface area contributed by atoms with Crippen LogP contribution in [0, 0.1) is 0 Å². The van der Waals surface area contributed by atoms with E-state index in [1.807, 2.05) is 0 Å². The minimum absolute atomic E-state index is 0.190. The molecule has 2 heterocycles. The van der Waals surface area contributed by atoms with Gasteiger partial charge in [0.05, 0.1) is 12.7 Å². The zero-order chi connectivity index (χ0) is 13.0. The van der Waals surface area contributed by atoms with Gasteiger partial charge in [-0.3, -0.25) is 4.79 Å². The molecule has 0 saturated carbocycles. The van der Waals surface area contributed by atoms with Gasteiger partial charge in [-0.2, -0.15) is 0 Å². The number of furan rings is 1. The molecule has 1 N–H and O–H groups in total. The van der Waals surface area contributed by atoms with Crippen LogP contribution >= 0.6 is 15.9 Å². The zero-order valence-corrected chi connectivity index (χ0v) is 11.9. The lowest BCUT2D eigenvalue weighted by Gasteiger charge is -2.30. The van der Waals surface area contributed by atoms with Crippen molar-refractivity contribution in [2.24, 2.45) is 0 Å². The van der Waals surface area contributed by atoms with Gasteiger partial charge >= 0.3 is 0 Å². The molecule has 1 unspecified atom stereocenters. The first-order valence-electron chi connectivity index (χ1n) is 5.99.